The Hall–Kier alpha value is -4.64. The van der Waals surface area contributed by atoms with Gasteiger partial charge in [-0.15, -0.1) is 5.10 Å². The van der Waals surface area contributed by atoms with Gasteiger partial charge < -0.3 is 37.4 Å². The van der Waals surface area contributed by atoms with E-state index in [1.54, 1.807) is 44.2 Å². The number of halogens is 2. The number of nitrogens with zero attached hydrogens (tertiary/aromatic N) is 3. The molecule has 2 aromatic carbocycles. The number of amides is 5. The summed E-state index contributed by atoms with van der Waals surface area (Å²) < 4.78 is 0. The molecular weight excluding hydrogens is 691 g/mol. The highest BCUT2D eigenvalue weighted by molar-refractivity contribution is 6.35. The van der Waals surface area contributed by atoms with Gasteiger partial charge in [-0.1, -0.05) is 81.2 Å². The molecular formula is C32H42Cl2N10O6. The summed E-state index contributed by atoms with van der Waals surface area (Å²) in [5, 5.41) is 37.2. The normalized spacial score (nSPS) is 14.2. The Bertz CT molecular complexity index is 1590. The van der Waals surface area contributed by atoms with Gasteiger partial charge in [-0.05, 0) is 58.9 Å². The van der Waals surface area contributed by atoms with Crippen LogP contribution in [0.5, 0.6) is 0 Å². The molecule has 0 unspecified atom stereocenters. The second-order valence-electron chi connectivity index (χ2n) is 12.4. The number of H-pyrrole nitrogens is 1. The van der Waals surface area contributed by atoms with Crippen LogP contribution in [0, 0.1) is 11.8 Å². The van der Waals surface area contributed by atoms with Gasteiger partial charge in [0.1, 0.15) is 18.1 Å². The van der Waals surface area contributed by atoms with Crippen LogP contribution in [0.25, 0.3) is 0 Å². The van der Waals surface area contributed by atoms with Crippen LogP contribution < -0.4 is 32.3 Å². The van der Waals surface area contributed by atoms with E-state index in [2.05, 4.69) is 47.2 Å². The minimum atomic E-state index is -1.72. The van der Waals surface area contributed by atoms with Crippen molar-refractivity contribution in [1.82, 2.24) is 41.9 Å². The Kier molecular flexibility index (Phi) is 15.1. The van der Waals surface area contributed by atoms with E-state index in [0.29, 0.717) is 0 Å². The maximum Gasteiger partial charge on any atom is 0.290 e. The number of aromatic nitrogens is 4. The van der Waals surface area contributed by atoms with Gasteiger partial charge in [0.05, 0.1) is 6.04 Å². The van der Waals surface area contributed by atoms with Crippen LogP contribution in [-0.4, -0.2) is 92.1 Å². The number of nitrogens with one attached hydrogen (secondary N) is 6. The quantitative estimate of drug-likeness (QED) is 0.0977. The van der Waals surface area contributed by atoms with E-state index < -0.39 is 65.7 Å². The van der Waals surface area contributed by atoms with Crippen LogP contribution in [0.3, 0.4) is 0 Å². The van der Waals surface area contributed by atoms with Crippen LogP contribution in [0.1, 0.15) is 50.3 Å². The van der Waals surface area contributed by atoms with Crippen molar-refractivity contribution in [2.24, 2.45) is 17.6 Å². The molecule has 0 spiro atoms. The summed E-state index contributed by atoms with van der Waals surface area (Å²) in [5.41, 5.74) is 6.94. The fourth-order valence-corrected chi connectivity index (χ4v) is 5.34. The largest absolute Gasteiger partial charge is 0.381 e. The topological polar surface area (TPSA) is 246 Å². The lowest BCUT2D eigenvalue weighted by Crippen LogP contribution is -2.60. The summed E-state index contributed by atoms with van der Waals surface area (Å²) in [7, 11) is 0. The Morgan fingerprint density at radius 2 is 1.54 bits per heavy atom. The Morgan fingerprint density at radius 3 is 2.12 bits per heavy atom. The van der Waals surface area contributed by atoms with Crippen molar-refractivity contribution in [3.63, 3.8) is 0 Å². The smallest absolute Gasteiger partial charge is 0.290 e. The average molecular weight is 734 g/mol. The number of tetrazole rings is 1. The van der Waals surface area contributed by atoms with Crippen LogP contribution in [0.4, 0.5) is 5.69 Å². The molecule has 0 aliphatic carbocycles. The number of nitrogens with two attached hydrogens (primary N) is 1. The van der Waals surface area contributed by atoms with Crippen LogP contribution in [0.15, 0.2) is 48.5 Å². The van der Waals surface area contributed by atoms with Crippen molar-refractivity contribution in [2.45, 2.75) is 70.8 Å². The first kappa shape index (κ1) is 39.8. The highest BCUT2D eigenvalue weighted by Gasteiger charge is 2.34. The Morgan fingerprint density at radius 1 is 0.880 bits per heavy atom. The summed E-state index contributed by atoms with van der Waals surface area (Å²) in [4.78, 5) is 65.5. The number of hydrogen-bond donors (Lipinski definition) is 8. The number of anilines is 1. The minimum absolute atomic E-state index is 0.0666. The van der Waals surface area contributed by atoms with Gasteiger partial charge >= 0.3 is 0 Å². The van der Waals surface area contributed by atoms with E-state index in [9.17, 15) is 29.1 Å². The van der Waals surface area contributed by atoms with E-state index in [4.69, 9.17) is 28.9 Å². The van der Waals surface area contributed by atoms with E-state index in [1.165, 1.54) is 18.2 Å². The number of benzene rings is 2. The van der Waals surface area contributed by atoms with E-state index >= 15 is 0 Å². The number of hydrogen-bond acceptors (Lipinski definition) is 10. The van der Waals surface area contributed by atoms with Gasteiger partial charge in [0.25, 0.3) is 11.8 Å². The highest BCUT2D eigenvalue weighted by atomic mass is 35.5. The van der Waals surface area contributed by atoms with E-state index in [-0.39, 0.29) is 46.9 Å². The SMILES string of the molecule is CC(C)C[C@H](NC(=O)[C@@H](NC(=O)[C@@H](N)CNC(=O)c1nnn[nH]1)C(C)C)C(=O)N[C@@H](Cc1ccccc1)[C@@H](O)C(=O)Nc1cc(Cl)cc(Cl)c1. The lowest BCUT2D eigenvalue weighted by molar-refractivity contribution is -0.134. The maximum atomic E-state index is 13.8. The second-order valence-corrected chi connectivity index (χ2v) is 13.3. The summed E-state index contributed by atoms with van der Waals surface area (Å²) in [6.45, 7) is 6.83. The number of carbonyl (C=O) groups excluding carboxylic acids is 5. The van der Waals surface area contributed by atoms with Crippen LogP contribution in [0.2, 0.25) is 10.0 Å². The van der Waals surface area contributed by atoms with E-state index in [1.807, 2.05) is 13.8 Å². The molecule has 0 saturated carbocycles. The van der Waals surface area contributed by atoms with Crippen LogP contribution in [-0.2, 0) is 25.6 Å². The molecule has 0 aliphatic heterocycles. The van der Waals surface area contributed by atoms with Crippen molar-refractivity contribution in [3.8, 4) is 0 Å². The van der Waals surface area contributed by atoms with Crippen molar-refractivity contribution in [3.05, 3.63) is 70.0 Å². The molecule has 0 saturated heterocycles. The van der Waals surface area contributed by atoms with Crippen LogP contribution >= 0.6 is 23.2 Å². The van der Waals surface area contributed by atoms with Gasteiger partial charge in [0.15, 0.2) is 6.10 Å². The van der Waals surface area contributed by atoms with Crippen molar-refractivity contribution >= 4 is 58.4 Å². The van der Waals surface area contributed by atoms with Crippen molar-refractivity contribution < 1.29 is 29.1 Å². The first-order chi connectivity index (χ1) is 23.6. The summed E-state index contributed by atoms with van der Waals surface area (Å²) in [5.74, 6) is -4.20. The molecule has 0 radical (unpaired) electrons. The highest BCUT2D eigenvalue weighted by Crippen LogP contribution is 2.23. The zero-order valence-corrected chi connectivity index (χ0v) is 29.5. The van der Waals surface area contributed by atoms with Gasteiger partial charge in [0.2, 0.25) is 23.5 Å². The number of aliphatic hydroxyl groups is 1. The molecule has 5 amide bonds. The van der Waals surface area contributed by atoms with Gasteiger partial charge in [-0.25, -0.2) is 5.10 Å². The zero-order valence-electron chi connectivity index (χ0n) is 27.9. The molecule has 16 nitrogen and oxygen atoms in total. The maximum absolute atomic E-state index is 13.8. The fourth-order valence-electron chi connectivity index (χ4n) is 4.81. The minimum Gasteiger partial charge on any atom is -0.381 e. The Labute approximate surface area is 299 Å². The third-order valence-corrected chi connectivity index (χ3v) is 7.81. The van der Waals surface area contributed by atoms with Crippen molar-refractivity contribution in [1.29, 1.82) is 0 Å². The number of aromatic amines is 1. The molecule has 3 rings (SSSR count). The molecule has 9 N–H and O–H groups in total. The third kappa shape index (κ3) is 12.4. The second kappa shape index (κ2) is 18.9. The van der Waals surface area contributed by atoms with Gasteiger partial charge in [-0.3, -0.25) is 24.0 Å². The van der Waals surface area contributed by atoms with E-state index in [0.717, 1.165) is 5.56 Å². The first-order valence-electron chi connectivity index (χ1n) is 15.8. The molecule has 3 aromatic rings. The number of carbonyl (C=O) groups is 5. The summed E-state index contributed by atoms with van der Waals surface area (Å²) in [6.07, 6.45) is -1.46. The molecule has 270 valence electrons. The third-order valence-electron chi connectivity index (χ3n) is 7.37. The number of rotatable bonds is 17. The standard InChI is InChI=1S/C32H42Cl2N10O6/c1-16(2)10-24(39-30(48)25(17(3)4)40-28(46)22(35)15-36-32(50)27-41-43-44-42-27)29(47)38-23(11-18-8-6-5-7-9-18)26(45)31(49)37-21-13-19(33)12-20(34)14-21/h5-9,12-14,16-17,22-26,45H,10-11,15,35H2,1-4H3,(H,36,50)(H,37,49)(H,38,47)(H,39,48)(H,40,46)(H,41,42,43,44)/t22-,23-,24-,25-,26+/m0/s1. The monoisotopic (exact) mass is 732 g/mol. The molecule has 0 fully saturated rings. The lowest BCUT2D eigenvalue weighted by atomic mass is 9.97. The predicted molar refractivity (Wildman–Crippen MR) is 186 cm³/mol. The predicted octanol–water partition coefficient (Wildman–Crippen LogP) is 0.962. The summed E-state index contributed by atoms with van der Waals surface area (Å²) >= 11 is 12.1. The Balaban J connectivity index is 1.73. The first-order valence-corrected chi connectivity index (χ1v) is 16.6. The molecule has 1 heterocycles. The molecule has 18 heteroatoms. The molecule has 1 aromatic heterocycles. The fraction of sp³-hybridized carbons (Fsp3) is 0.438. The van der Waals surface area contributed by atoms with Gasteiger partial charge in [-0.2, -0.15) is 0 Å². The number of aliphatic hydroxyl groups excluding tert-OH is 1. The average Bonchev–Trinajstić information content (AvgIpc) is 3.60. The molecule has 50 heavy (non-hydrogen) atoms. The van der Waals surface area contributed by atoms with Crippen molar-refractivity contribution in [2.75, 3.05) is 11.9 Å². The lowest BCUT2D eigenvalue weighted by Gasteiger charge is -2.29. The molecule has 0 aliphatic rings. The van der Waals surface area contributed by atoms with Gasteiger partial charge in [0, 0.05) is 22.3 Å². The molecule has 5 atom stereocenters. The zero-order chi connectivity index (χ0) is 37.0. The molecule has 0 bridgehead atoms. The summed E-state index contributed by atoms with van der Waals surface area (Å²) in [6, 6.07) is 8.78.